The fourth-order valence-electron chi connectivity index (χ4n) is 6.29. The molecule has 1 N–H and O–H groups in total. The second-order valence-electron chi connectivity index (χ2n) is 10.2. The SMILES string of the molecule is C/C=C(\C)[C@H]1[C@@H](/C=C/C=C(\C)C(=O)[C@@H](C)CO)[C@@H]2C[C@@H]3O[C@]3(C)C[C@H]2[C@@H]2O[C@@]21C. The quantitative estimate of drug-likeness (QED) is 0.313. The van der Waals surface area contributed by atoms with E-state index < -0.39 is 0 Å². The van der Waals surface area contributed by atoms with E-state index in [0.29, 0.717) is 41.5 Å². The number of rotatable bonds is 6. The van der Waals surface area contributed by atoms with Gasteiger partial charge in [-0.2, -0.15) is 0 Å². The Morgan fingerprint density at radius 1 is 1.24 bits per heavy atom. The molecule has 0 radical (unpaired) electrons. The number of ketones is 1. The highest BCUT2D eigenvalue weighted by Crippen LogP contribution is 2.67. The molecule has 2 saturated heterocycles. The number of hydrogen-bond donors (Lipinski definition) is 1. The molecule has 0 bridgehead atoms. The van der Waals surface area contributed by atoms with E-state index in [1.165, 1.54) is 5.57 Å². The molecule has 2 heterocycles. The fraction of sp³-hybridized carbons (Fsp3) is 0.720. The largest absolute Gasteiger partial charge is 0.396 e. The smallest absolute Gasteiger partial charge is 0.163 e. The topological polar surface area (TPSA) is 62.4 Å². The summed E-state index contributed by atoms with van der Waals surface area (Å²) in [5, 5.41) is 9.25. The third-order valence-corrected chi connectivity index (χ3v) is 8.22. The first-order chi connectivity index (χ1) is 13.7. The summed E-state index contributed by atoms with van der Waals surface area (Å²) in [7, 11) is 0. The molecule has 2 aliphatic carbocycles. The van der Waals surface area contributed by atoms with Crippen LogP contribution in [-0.2, 0) is 14.3 Å². The van der Waals surface area contributed by atoms with Crippen LogP contribution >= 0.6 is 0 Å². The number of epoxide rings is 2. The van der Waals surface area contributed by atoms with Gasteiger partial charge in [0, 0.05) is 11.8 Å². The van der Waals surface area contributed by atoms with Crippen LogP contribution in [-0.4, -0.2) is 40.9 Å². The molecule has 0 unspecified atom stereocenters. The highest BCUT2D eigenvalue weighted by atomic mass is 16.6. The molecule has 4 aliphatic rings. The Labute approximate surface area is 175 Å². The van der Waals surface area contributed by atoms with Gasteiger partial charge in [-0.3, -0.25) is 4.79 Å². The summed E-state index contributed by atoms with van der Waals surface area (Å²) < 4.78 is 12.5. The van der Waals surface area contributed by atoms with Crippen molar-refractivity contribution >= 4 is 5.78 Å². The number of carbonyl (C=O) groups excluding carboxylic acids is 1. The van der Waals surface area contributed by atoms with Crippen LogP contribution in [0.1, 0.15) is 54.4 Å². The number of aliphatic hydroxyl groups excluding tert-OH is 1. The Morgan fingerprint density at radius 2 is 1.97 bits per heavy atom. The minimum Gasteiger partial charge on any atom is -0.396 e. The van der Waals surface area contributed by atoms with Crippen LogP contribution in [0.2, 0.25) is 0 Å². The van der Waals surface area contributed by atoms with Gasteiger partial charge in [-0.15, -0.1) is 0 Å². The third kappa shape index (κ3) is 3.37. The summed E-state index contributed by atoms with van der Waals surface area (Å²) in [6.45, 7) is 12.4. The lowest BCUT2D eigenvalue weighted by molar-refractivity contribution is -0.119. The monoisotopic (exact) mass is 400 g/mol. The summed E-state index contributed by atoms with van der Waals surface area (Å²) in [5.74, 6) is 1.49. The predicted octanol–water partition coefficient (Wildman–Crippen LogP) is 4.24. The van der Waals surface area contributed by atoms with Crippen LogP contribution in [0.15, 0.2) is 35.5 Å². The third-order valence-electron chi connectivity index (χ3n) is 8.22. The Hall–Kier alpha value is -1.23. The summed E-state index contributed by atoms with van der Waals surface area (Å²) in [6.07, 6.45) is 11.4. The standard InChI is InChI=1S/C25H36O4/c1-7-14(2)21-17(10-8-9-15(3)22(27)16(4)13-26)18-11-20-24(5,28-20)12-19(18)23-25(21,6)29-23/h7-10,16-21,23,26H,11-13H2,1-6H3/b10-8+,14-7+,15-9+/t16-,17-,18-,19+,20-,21-,23-,24+,25+/m0/s1. The highest BCUT2D eigenvalue weighted by molar-refractivity contribution is 5.96. The molecule has 0 aromatic carbocycles. The lowest BCUT2D eigenvalue weighted by atomic mass is 9.55. The van der Waals surface area contributed by atoms with Crippen molar-refractivity contribution in [2.75, 3.05) is 6.61 Å². The Balaban J connectivity index is 1.62. The van der Waals surface area contributed by atoms with Crippen molar-refractivity contribution in [1.82, 2.24) is 0 Å². The van der Waals surface area contributed by atoms with E-state index in [2.05, 4.69) is 45.9 Å². The average Bonchev–Trinajstić information content (AvgIpc) is 3.57. The molecule has 0 aromatic heterocycles. The Kier molecular flexibility index (Phi) is 5.20. The maximum Gasteiger partial charge on any atom is 0.163 e. The van der Waals surface area contributed by atoms with E-state index in [1.54, 1.807) is 6.92 Å². The molecular weight excluding hydrogens is 364 g/mol. The highest BCUT2D eigenvalue weighted by Gasteiger charge is 2.72. The van der Waals surface area contributed by atoms with Gasteiger partial charge in [0.1, 0.15) is 0 Å². The zero-order valence-electron chi connectivity index (χ0n) is 18.6. The molecule has 0 aromatic rings. The fourth-order valence-corrected chi connectivity index (χ4v) is 6.29. The van der Waals surface area contributed by atoms with Crippen LogP contribution in [0.5, 0.6) is 0 Å². The van der Waals surface area contributed by atoms with Gasteiger partial charge < -0.3 is 14.6 Å². The molecule has 2 aliphatic heterocycles. The number of carbonyl (C=O) groups is 1. The minimum atomic E-state index is -0.348. The van der Waals surface area contributed by atoms with Gasteiger partial charge in [0.15, 0.2) is 5.78 Å². The van der Waals surface area contributed by atoms with Crippen molar-refractivity contribution in [3.63, 3.8) is 0 Å². The normalized spacial score (nSPS) is 47.3. The van der Waals surface area contributed by atoms with Gasteiger partial charge in [0.2, 0.25) is 0 Å². The lowest BCUT2D eigenvalue weighted by Gasteiger charge is -2.45. The van der Waals surface area contributed by atoms with Crippen LogP contribution < -0.4 is 0 Å². The number of hydrogen-bond acceptors (Lipinski definition) is 4. The first kappa shape index (κ1) is 21.0. The maximum atomic E-state index is 12.3. The Bertz CT molecular complexity index is 780. The van der Waals surface area contributed by atoms with Gasteiger partial charge in [-0.1, -0.05) is 36.8 Å². The molecule has 2 saturated carbocycles. The summed E-state index contributed by atoms with van der Waals surface area (Å²) >= 11 is 0. The average molecular weight is 401 g/mol. The van der Waals surface area contributed by atoms with Crippen molar-refractivity contribution in [2.45, 2.75) is 77.8 Å². The summed E-state index contributed by atoms with van der Waals surface area (Å²) in [6, 6.07) is 0. The zero-order chi connectivity index (χ0) is 21.1. The lowest BCUT2D eigenvalue weighted by Crippen LogP contribution is -2.48. The van der Waals surface area contributed by atoms with E-state index in [-0.39, 0.29) is 29.5 Å². The van der Waals surface area contributed by atoms with E-state index in [9.17, 15) is 9.90 Å². The molecule has 29 heavy (non-hydrogen) atoms. The molecule has 4 fully saturated rings. The van der Waals surface area contributed by atoms with Crippen molar-refractivity contribution < 1.29 is 19.4 Å². The Morgan fingerprint density at radius 3 is 2.62 bits per heavy atom. The molecule has 4 rings (SSSR count). The van der Waals surface area contributed by atoms with Crippen LogP contribution in [0.25, 0.3) is 0 Å². The van der Waals surface area contributed by atoms with Crippen molar-refractivity contribution in [3.8, 4) is 0 Å². The number of fused-ring (bicyclic) bond motifs is 4. The van der Waals surface area contributed by atoms with Crippen LogP contribution in [0.3, 0.4) is 0 Å². The molecule has 4 heteroatoms. The second-order valence-corrected chi connectivity index (χ2v) is 10.2. The minimum absolute atomic E-state index is 0.0113. The van der Waals surface area contributed by atoms with E-state index >= 15 is 0 Å². The van der Waals surface area contributed by atoms with Gasteiger partial charge >= 0.3 is 0 Å². The molecule has 9 atom stereocenters. The van der Waals surface area contributed by atoms with E-state index in [4.69, 9.17) is 9.47 Å². The van der Waals surface area contributed by atoms with Crippen molar-refractivity contribution in [2.24, 2.45) is 29.6 Å². The molecule has 0 spiro atoms. The van der Waals surface area contributed by atoms with Gasteiger partial charge in [-0.25, -0.2) is 0 Å². The van der Waals surface area contributed by atoms with Gasteiger partial charge in [-0.05, 0) is 70.8 Å². The van der Waals surface area contributed by atoms with Gasteiger partial charge in [0.05, 0.1) is 30.0 Å². The van der Waals surface area contributed by atoms with Crippen LogP contribution in [0, 0.1) is 29.6 Å². The van der Waals surface area contributed by atoms with E-state index in [0.717, 1.165) is 12.8 Å². The summed E-state index contributed by atoms with van der Waals surface area (Å²) in [5.41, 5.74) is 2.06. The molecule has 4 nitrogen and oxygen atoms in total. The van der Waals surface area contributed by atoms with Crippen molar-refractivity contribution in [1.29, 1.82) is 0 Å². The summed E-state index contributed by atoms with van der Waals surface area (Å²) in [4.78, 5) is 12.3. The zero-order valence-corrected chi connectivity index (χ0v) is 18.6. The molecular formula is C25H36O4. The van der Waals surface area contributed by atoms with E-state index in [1.807, 2.05) is 13.0 Å². The number of aliphatic hydroxyl groups is 1. The number of ether oxygens (including phenoxy) is 2. The molecule has 160 valence electrons. The molecule has 0 amide bonds. The van der Waals surface area contributed by atoms with Crippen LogP contribution in [0.4, 0.5) is 0 Å². The predicted molar refractivity (Wildman–Crippen MR) is 113 cm³/mol. The second kappa shape index (κ2) is 7.18. The first-order valence-corrected chi connectivity index (χ1v) is 11.1. The maximum absolute atomic E-state index is 12.3. The number of Topliss-reactive ketones (excluding diaryl/α,β-unsaturated/α-hetero) is 1. The van der Waals surface area contributed by atoms with Crippen molar-refractivity contribution in [3.05, 3.63) is 35.5 Å². The van der Waals surface area contributed by atoms with Gasteiger partial charge in [0.25, 0.3) is 0 Å². The first-order valence-electron chi connectivity index (χ1n) is 11.1. The number of allylic oxidation sites excluding steroid dienone is 5.